The minimum atomic E-state index is -0.759. The van der Waals surface area contributed by atoms with Crippen LogP contribution in [-0.4, -0.2) is 29.1 Å². The van der Waals surface area contributed by atoms with Gasteiger partial charge in [0.2, 0.25) is 0 Å². The van der Waals surface area contributed by atoms with Gasteiger partial charge in [0, 0.05) is 18.1 Å². The first-order valence-corrected chi connectivity index (χ1v) is 5.82. The van der Waals surface area contributed by atoms with Gasteiger partial charge < -0.3 is 5.11 Å². The van der Waals surface area contributed by atoms with E-state index in [9.17, 15) is 9.18 Å². The molecule has 0 spiro atoms. The minimum Gasteiger partial charge on any atom is -0.481 e. The van der Waals surface area contributed by atoms with E-state index in [1.54, 1.807) is 6.07 Å². The Hall–Kier alpha value is -1.13. The summed E-state index contributed by atoms with van der Waals surface area (Å²) < 4.78 is 13.1. The molecule has 92 valence electrons. The number of nitrogens with zero attached hydrogens (tertiary/aromatic N) is 1. The molecule has 1 aromatic carbocycles. The highest BCUT2D eigenvalue weighted by molar-refractivity contribution is 6.30. The topological polar surface area (TPSA) is 40.5 Å². The van der Waals surface area contributed by atoms with Gasteiger partial charge in [0.15, 0.2) is 0 Å². The minimum absolute atomic E-state index is 0.306. The summed E-state index contributed by atoms with van der Waals surface area (Å²) >= 11 is 5.76. The van der Waals surface area contributed by atoms with Crippen LogP contribution in [0.3, 0.4) is 0 Å². The zero-order valence-corrected chi connectivity index (χ0v) is 9.95. The van der Waals surface area contributed by atoms with Crippen molar-refractivity contribution in [3.63, 3.8) is 0 Å². The lowest BCUT2D eigenvalue weighted by molar-refractivity contribution is -0.141. The fourth-order valence-corrected chi connectivity index (χ4v) is 2.38. The van der Waals surface area contributed by atoms with Crippen molar-refractivity contribution >= 4 is 17.6 Å². The van der Waals surface area contributed by atoms with Crippen LogP contribution in [0, 0.1) is 11.7 Å². The molecule has 1 heterocycles. The van der Waals surface area contributed by atoms with Crippen molar-refractivity contribution in [1.82, 2.24) is 4.90 Å². The van der Waals surface area contributed by atoms with E-state index in [2.05, 4.69) is 0 Å². The number of aliphatic carboxylic acids is 1. The number of carboxylic acid groups (broad SMARTS) is 1. The zero-order chi connectivity index (χ0) is 12.4. The molecule has 0 radical (unpaired) electrons. The first-order chi connectivity index (χ1) is 8.04. The Kier molecular flexibility index (Phi) is 3.64. The molecule has 0 bridgehead atoms. The van der Waals surface area contributed by atoms with Crippen LogP contribution in [0.4, 0.5) is 4.39 Å². The van der Waals surface area contributed by atoms with Gasteiger partial charge in [-0.15, -0.1) is 0 Å². The van der Waals surface area contributed by atoms with E-state index in [-0.39, 0.29) is 11.7 Å². The number of halogens is 2. The number of carbonyl (C=O) groups is 1. The largest absolute Gasteiger partial charge is 0.481 e. The molecule has 0 aromatic heterocycles. The van der Waals surface area contributed by atoms with Gasteiger partial charge in [0.05, 0.1) is 5.92 Å². The molecule has 3 nitrogen and oxygen atoms in total. The van der Waals surface area contributed by atoms with Crippen LogP contribution in [0.25, 0.3) is 0 Å². The van der Waals surface area contributed by atoms with Crippen LogP contribution < -0.4 is 0 Å². The average molecular weight is 258 g/mol. The van der Waals surface area contributed by atoms with Gasteiger partial charge in [-0.2, -0.15) is 0 Å². The predicted octanol–water partition coefficient (Wildman–Crippen LogP) is 2.39. The Morgan fingerprint density at radius 2 is 2.29 bits per heavy atom. The third kappa shape index (κ3) is 3.17. The summed E-state index contributed by atoms with van der Waals surface area (Å²) in [4.78, 5) is 12.8. The van der Waals surface area contributed by atoms with E-state index >= 15 is 0 Å². The van der Waals surface area contributed by atoms with Crippen LogP contribution >= 0.6 is 11.6 Å². The van der Waals surface area contributed by atoms with Crippen LogP contribution in [0.2, 0.25) is 5.02 Å². The molecule has 1 unspecified atom stereocenters. The highest BCUT2D eigenvalue weighted by Crippen LogP contribution is 2.21. The highest BCUT2D eigenvalue weighted by atomic mass is 35.5. The molecule has 1 aromatic rings. The van der Waals surface area contributed by atoms with Crippen molar-refractivity contribution in [3.05, 3.63) is 34.6 Å². The van der Waals surface area contributed by atoms with E-state index in [0.717, 1.165) is 12.1 Å². The van der Waals surface area contributed by atoms with Crippen molar-refractivity contribution in [2.45, 2.75) is 13.0 Å². The van der Waals surface area contributed by atoms with E-state index in [4.69, 9.17) is 16.7 Å². The maximum Gasteiger partial charge on any atom is 0.307 e. The summed E-state index contributed by atoms with van der Waals surface area (Å²) in [5.41, 5.74) is 0.779. The van der Waals surface area contributed by atoms with E-state index in [1.807, 2.05) is 4.90 Å². The van der Waals surface area contributed by atoms with Crippen LogP contribution in [-0.2, 0) is 11.3 Å². The second-order valence-corrected chi connectivity index (χ2v) is 4.77. The first kappa shape index (κ1) is 12.3. The molecule has 2 rings (SSSR count). The Bertz CT molecular complexity index is 418. The second-order valence-electron chi connectivity index (χ2n) is 4.34. The molecular weight excluding hydrogens is 245 g/mol. The molecule has 17 heavy (non-hydrogen) atoms. The second kappa shape index (κ2) is 5.02. The van der Waals surface area contributed by atoms with E-state index in [1.165, 1.54) is 12.1 Å². The summed E-state index contributed by atoms with van der Waals surface area (Å²) in [6.45, 7) is 1.79. The van der Waals surface area contributed by atoms with Gasteiger partial charge in [-0.25, -0.2) is 4.39 Å². The molecule has 1 atom stereocenters. The van der Waals surface area contributed by atoms with Crippen molar-refractivity contribution in [3.8, 4) is 0 Å². The lowest BCUT2D eigenvalue weighted by atomic mass is 10.1. The van der Waals surface area contributed by atoms with Gasteiger partial charge in [-0.1, -0.05) is 11.6 Å². The fourth-order valence-electron chi connectivity index (χ4n) is 2.14. The number of hydrogen-bond acceptors (Lipinski definition) is 2. The Balaban J connectivity index is 2.00. The third-order valence-electron chi connectivity index (χ3n) is 2.95. The van der Waals surface area contributed by atoms with Gasteiger partial charge in [0.25, 0.3) is 0 Å². The van der Waals surface area contributed by atoms with Gasteiger partial charge >= 0.3 is 5.97 Å². The Morgan fingerprint density at radius 1 is 1.53 bits per heavy atom. The summed E-state index contributed by atoms with van der Waals surface area (Å²) in [7, 11) is 0. The molecule has 1 aliphatic rings. The standard InChI is InChI=1S/C12H13ClFNO2/c13-10-3-8(4-11(14)5-10)6-15-2-1-9(7-15)12(16)17/h3-5,9H,1-2,6-7H2,(H,16,17). The van der Waals surface area contributed by atoms with Crippen molar-refractivity contribution < 1.29 is 14.3 Å². The smallest absolute Gasteiger partial charge is 0.307 e. The van der Waals surface area contributed by atoms with E-state index < -0.39 is 5.97 Å². The molecule has 1 N–H and O–H groups in total. The molecule has 1 saturated heterocycles. The summed E-state index contributed by atoms with van der Waals surface area (Å²) in [6, 6.07) is 4.40. The number of rotatable bonds is 3. The Labute approximate surface area is 104 Å². The highest BCUT2D eigenvalue weighted by Gasteiger charge is 2.27. The number of benzene rings is 1. The maximum absolute atomic E-state index is 13.1. The van der Waals surface area contributed by atoms with Crippen molar-refractivity contribution in [2.75, 3.05) is 13.1 Å². The van der Waals surface area contributed by atoms with Crippen LogP contribution in [0.5, 0.6) is 0 Å². The van der Waals surface area contributed by atoms with Gasteiger partial charge in [0.1, 0.15) is 5.82 Å². The summed E-state index contributed by atoms with van der Waals surface area (Å²) in [5.74, 6) is -1.43. The Morgan fingerprint density at radius 3 is 2.88 bits per heavy atom. The molecule has 0 saturated carbocycles. The van der Waals surface area contributed by atoms with Gasteiger partial charge in [-0.3, -0.25) is 9.69 Å². The number of carboxylic acids is 1. The molecule has 0 amide bonds. The monoisotopic (exact) mass is 257 g/mol. The summed E-state index contributed by atoms with van der Waals surface area (Å²) in [5, 5.41) is 9.25. The van der Waals surface area contributed by atoms with E-state index in [0.29, 0.717) is 24.5 Å². The normalized spacial score (nSPS) is 20.7. The van der Waals surface area contributed by atoms with Crippen molar-refractivity contribution in [2.24, 2.45) is 5.92 Å². The fraction of sp³-hybridized carbons (Fsp3) is 0.417. The van der Waals surface area contributed by atoms with Crippen molar-refractivity contribution in [1.29, 1.82) is 0 Å². The molecule has 5 heteroatoms. The quantitative estimate of drug-likeness (QED) is 0.904. The molecular formula is C12H13ClFNO2. The average Bonchev–Trinajstić information content (AvgIpc) is 2.64. The summed E-state index contributed by atoms with van der Waals surface area (Å²) in [6.07, 6.45) is 0.651. The maximum atomic E-state index is 13.1. The first-order valence-electron chi connectivity index (χ1n) is 5.45. The number of hydrogen-bond donors (Lipinski definition) is 1. The lowest BCUT2D eigenvalue weighted by Gasteiger charge is -2.15. The molecule has 1 fully saturated rings. The SMILES string of the molecule is O=C(O)C1CCN(Cc2cc(F)cc(Cl)c2)C1. The predicted molar refractivity (Wildman–Crippen MR) is 62.4 cm³/mol. The third-order valence-corrected chi connectivity index (χ3v) is 3.17. The zero-order valence-electron chi connectivity index (χ0n) is 9.20. The van der Waals surface area contributed by atoms with Crippen LogP contribution in [0.1, 0.15) is 12.0 Å². The van der Waals surface area contributed by atoms with Crippen LogP contribution in [0.15, 0.2) is 18.2 Å². The van der Waals surface area contributed by atoms with Gasteiger partial charge in [-0.05, 0) is 36.7 Å². The molecule has 1 aliphatic heterocycles. The lowest BCUT2D eigenvalue weighted by Crippen LogP contribution is -2.22. The molecule has 0 aliphatic carbocycles. The number of likely N-dealkylation sites (tertiary alicyclic amines) is 1.